The molecule has 7 nitrogen and oxygen atoms in total. The lowest BCUT2D eigenvalue weighted by Crippen LogP contribution is -2.58. The molecule has 1 N–H and O–H groups in total. The van der Waals surface area contributed by atoms with E-state index in [-0.39, 0.29) is 24.5 Å². The van der Waals surface area contributed by atoms with Crippen molar-refractivity contribution in [1.29, 1.82) is 0 Å². The van der Waals surface area contributed by atoms with Crippen LogP contribution in [0.2, 0.25) is 0 Å². The van der Waals surface area contributed by atoms with Gasteiger partial charge in [-0.15, -0.1) is 6.42 Å². The van der Waals surface area contributed by atoms with Gasteiger partial charge < -0.3 is 19.3 Å². The van der Waals surface area contributed by atoms with Crippen LogP contribution in [0.15, 0.2) is 30.5 Å². The zero-order chi connectivity index (χ0) is 21.8. The number of aromatic nitrogens is 2. The molecule has 2 fully saturated rings. The van der Waals surface area contributed by atoms with Crippen LogP contribution in [0.3, 0.4) is 0 Å². The van der Waals surface area contributed by atoms with Crippen LogP contribution in [0, 0.1) is 24.2 Å². The third kappa shape index (κ3) is 4.18. The SMILES string of the molecule is C#CCOc1cccc(CN2CC3CCCC(C2)C3(O)c2cnc(OC)nc2OC)c1. The van der Waals surface area contributed by atoms with Gasteiger partial charge in [0, 0.05) is 37.7 Å². The summed E-state index contributed by atoms with van der Waals surface area (Å²) < 4.78 is 16.2. The summed E-state index contributed by atoms with van der Waals surface area (Å²) in [4.78, 5) is 11.0. The fourth-order valence-electron chi connectivity index (χ4n) is 5.11. The number of piperidine rings is 1. The molecule has 1 aromatic heterocycles. The van der Waals surface area contributed by atoms with E-state index in [1.54, 1.807) is 13.3 Å². The van der Waals surface area contributed by atoms with Crippen molar-refractivity contribution in [1.82, 2.24) is 14.9 Å². The van der Waals surface area contributed by atoms with Gasteiger partial charge in [-0.2, -0.15) is 4.98 Å². The summed E-state index contributed by atoms with van der Waals surface area (Å²) in [5.41, 5.74) is 0.822. The molecule has 2 heterocycles. The molecule has 0 radical (unpaired) electrons. The van der Waals surface area contributed by atoms with Crippen molar-refractivity contribution in [3.05, 3.63) is 41.6 Å². The van der Waals surface area contributed by atoms with Gasteiger partial charge >= 0.3 is 6.01 Å². The number of ether oxygens (including phenoxy) is 3. The summed E-state index contributed by atoms with van der Waals surface area (Å²) in [5, 5.41) is 12.0. The predicted molar refractivity (Wildman–Crippen MR) is 116 cm³/mol. The maximum atomic E-state index is 12.0. The Labute approximate surface area is 183 Å². The van der Waals surface area contributed by atoms with Crippen LogP contribution in [0.4, 0.5) is 0 Å². The molecule has 4 rings (SSSR count). The van der Waals surface area contributed by atoms with Gasteiger partial charge in [0.1, 0.15) is 18.0 Å². The van der Waals surface area contributed by atoms with E-state index in [2.05, 4.69) is 26.9 Å². The first-order valence-corrected chi connectivity index (χ1v) is 10.6. The second kappa shape index (κ2) is 9.13. The summed E-state index contributed by atoms with van der Waals surface area (Å²) in [5.74, 6) is 3.82. The molecule has 1 aromatic carbocycles. The molecule has 7 heteroatoms. The number of terminal acetylenes is 1. The molecular formula is C24H29N3O4. The third-order valence-electron chi connectivity index (χ3n) is 6.47. The standard InChI is InChI=1S/C24H29N3O4/c1-4-11-31-20-10-5-7-17(12-20)14-27-15-18-8-6-9-19(16-27)24(18,28)21-13-25-23(30-3)26-22(21)29-2/h1,5,7,10,12-13,18-19,28H,6,8-9,11,14-16H2,2-3H3. The predicted octanol–water partition coefficient (Wildman–Crippen LogP) is 2.63. The fourth-order valence-corrected chi connectivity index (χ4v) is 5.11. The van der Waals surface area contributed by atoms with Crippen molar-refractivity contribution in [2.75, 3.05) is 33.9 Å². The van der Waals surface area contributed by atoms with E-state index in [4.69, 9.17) is 20.6 Å². The normalized spacial score (nSPS) is 25.5. The third-order valence-corrected chi connectivity index (χ3v) is 6.47. The van der Waals surface area contributed by atoms with Crippen LogP contribution in [0.1, 0.15) is 30.4 Å². The highest BCUT2D eigenvalue weighted by Gasteiger charge is 2.53. The quantitative estimate of drug-likeness (QED) is 0.686. The van der Waals surface area contributed by atoms with Crippen molar-refractivity contribution in [3.8, 4) is 30.0 Å². The number of rotatable bonds is 7. The lowest BCUT2D eigenvalue weighted by atomic mass is 9.63. The van der Waals surface area contributed by atoms with Gasteiger partial charge in [-0.05, 0) is 30.5 Å². The Morgan fingerprint density at radius 1 is 1.23 bits per heavy atom. The van der Waals surface area contributed by atoms with E-state index in [0.717, 1.165) is 44.6 Å². The molecule has 31 heavy (non-hydrogen) atoms. The van der Waals surface area contributed by atoms with E-state index in [1.165, 1.54) is 12.7 Å². The molecule has 0 spiro atoms. The van der Waals surface area contributed by atoms with Gasteiger partial charge in [-0.1, -0.05) is 24.5 Å². The molecule has 1 saturated heterocycles. The molecule has 2 aromatic rings. The minimum absolute atomic E-state index is 0.0757. The minimum atomic E-state index is -1.01. The molecule has 164 valence electrons. The number of nitrogens with zero attached hydrogens (tertiary/aromatic N) is 3. The van der Waals surface area contributed by atoms with E-state index < -0.39 is 5.60 Å². The van der Waals surface area contributed by atoms with Gasteiger partial charge in [-0.25, -0.2) is 4.98 Å². The van der Waals surface area contributed by atoms with Crippen molar-refractivity contribution in [2.24, 2.45) is 11.8 Å². The number of likely N-dealkylation sites (tertiary alicyclic amines) is 1. The van der Waals surface area contributed by atoms with E-state index in [0.29, 0.717) is 11.4 Å². The molecule has 1 aliphatic heterocycles. The Morgan fingerprint density at radius 2 is 2.00 bits per heavy atom. The van der Waals surface area contributed by atoms with Crippen molar-refractivity contribution in [2.45, 2.75) is 31.4 Å². The summed E-state index contributed by atoms with van der Waals surface area (Å²) in [7, 11) is 3.08. The Kier molecular flexibility index (Phi) is 6.30. The number of hydrogen-bond acceptors (Lipinski definition) is 7. The van der Waals surface area contributed by atoms with Gasteiger partial charge in [0.15, 0.2) is 0 Å². The second-order valence-electron chi connectivity index (χ2n) is 8.26. The highest BCUT2D eigenvalue weighted by Crippen LogP contribution is 2.51. The molecule has 2 bridgehead atoms. The number of aliphatic hydroxyl groups is 1. The maximum absolute atomic E-state index is 12.0. The van der Waals surface area contributed by atoms with Crippen LogP contribution in [0.25, 0.3) is 0 Å². The lowest BCUT2D eigenvalue weighted by Gasteiger charge is -2.53. The van der Waals surface area contributed by atoms with E-state index in [1.807, 2.05) is 18.2 Å². The van der Waals surface area contributed by atoms with E-state index in [9.17, 15) is 5.11 Å². The highest BCUT2D eigenvalue weighted by molar-refractivity contribution is 5.35. The number of benzene rings is 1. The van der Waals surface area contributed by atoms with Gasteiger partial charge in [0.05, 0.1) is 19.8 Å². The first kappa shape index (κ1) is 21.4. The zero-order valence-corrected chi connectivity index (χ0v) is 18.1. The summed E-state index contributed by atoms with van der Waals surface area (Å²) in [6.45, 7) is 2.64. The van der Waals surface area contributed by atoms with Crippen LogP contribution in [-0.4, -0.2) is 53.9 Å². The van der Waals surface area contributed by atoms with Crippen molar-refractivity contribution >= 4 is 0 Å². The molecule has 0 amide bonds. The van der Waals surface area contributed by atoms with Gasteiger partial charge in [-0.3, -0.25) is 4.90 Å². The Balaban J connectivity index is 1.55. The number of fused-ring (bicyclic) bond motifs is 2. The largest absolute Gasteiger partial charge is 0.481 e. The van der Waals surface area contributed by atoms with Crippen LogP contribution >= 0.6 is 0 Å². The second-order valence-corrected chi connectivity index (χ2v) is 8.26. The highest BCUT2D eigenvalue weighted by atomic mass is 16.5. The lowest BCUT2D eigenvalue weighted by molar-refractivity contribution is -0.149. The van der Waals surface area contributed by atoms with Crippen LogP contribution in [0.5, 0.6) is 17.6 Å². The first-order chi connectivity index (χ1) is 15.1. The molecule has 2 atom stereocenters. The van der Waals surface area contributed by atoms with Gasteiger partial charge in [0.25, 0.3) is 0 Å². The van der Waals surface area contributed by atoms with Crippen molar-refractivity contribution < 1.29 is 19.3 Å². The Bertz CT molecular complexity index is 944. The van der Waals surface area contributed by atoms with Crippen LogP contribution < -0.4 is 14.2 Å². The van der Waals surface area contributed by atoms with Gasteiger partial charge in [0.2, 0.25) is 5.88 Å². The fraction of sp³-hybridized carbons (Fsp3) is 0.500. The first-order valence-electron chi connectivity index (χ1n) is 10.6. The molecule has 1 aliphatic carbocycles. The molecule has 1 saturated carbocycles. The smallest absolute Gasteiger partial charge is 0.319 e. The molecule has 2 aliphatic rings. The summed E-state index contributed by atoms with van der Waals surface area (Å²) in [6.07, 6.45) is 9.97. The minimum Gasteiger partial charge on any atom is -0.481 e. The molecule has 2 unspecified atom stereocenters. The number of methoxy groups -OCH3 is 2. The zero-order valence-electron chi connectivity index (χ0n) is 18.1. The Hall–Kier alpha value is -2.82. The summed E-state index contributed by atoms with van der Waals surface area (Å²) in [6, 6.07) is 8.27. The number of hydrogen-bond donors (Lipinski definition) is 1. The Morgan fingerprint density at radius 3 is 2.68 bits per heavy atom. The summed E-state index contributed by atoms with van der Waals surface area (Å²) >= 11 is 0. The average Bonchev–Trinajstić information content (AvgIpc) is 2.78. The average molecular weight is 424 g/mol. The van der Waals surface area contributed by atoms with Crippen molar-refractivity contribution in [3.63, 3.8) is 0 Å². The monoisotopic (exact) mass is 423 g/mol. The maximum Gasteiger partial charge on any atom is 0.319 e. The molecular weight excluding hydrogens is 394 g/mol. The topological polar surface area (TPSA) is 76.9 Å². The van der Waals surface area contributed by atoms with E-state index >= 15 is 0 Å². The van der Waals surface area contributed by atoms with Crippen LogP contribution in [-0.2, 0) is 12.1 Å².